The summed E-state index contributed by atoms with van der Waals surface area (Å²) in [6.07, 6.45) is 0. The van der Waals surface area contributed by atoms with Crippen molar-refractivity contribution < 1.29 is 14.1 Å². The Hall–Kier alpha value is -3.39. The molecule has 29 heavy (non-hydrogen) atoms. The second kappa shape index (κ2) is 7.21. The number of fused-ring (bicyclic) bond motifs is 1. The number of anilines is 2. The maximum absolute atomic E-state index is 12.2. The lowest BCUT2D eigenvalue weighted by Crippen LogP contribution is -2.31. The van der Waals surface area contributed by atoms with Crippen molar-refractivity contribution >= 4 is 39.1 Å². The molecule has 148 valence electrons. The van der Waals surface area contributed by atoms with E-state index in [1.807, 2.05) is 45.0 Å². The minimum Gasteiger partial charge on any atom is -0.431 e. The lowest BCUT2D eigenvalue weighted by molar-refractivity contribution is 0.255. The largest absolute Gasteiger partial charge is 0.431 e. The smallest absolute Gasteiger partial charge is 0.325 e. The molecule has 0 aliphatic rings. The number of hydrogen-bond donors (Lipinski definition) is 1. The number of nitrogens with two attached hydrogens (primary N) is 1. The highest BCUT2D eigenvalue weighted by Gasteiger charge is 2.25. The Morgan fingerprint density at radius 3 is 2.62 bits per heavy atom. The third-order valence-corrected chi connectivity index (χ3v) is 5.16. The van der Waals surface area contributed by atoms with Crippen molar-refractivity contribution in [1.29, 1.82) is 0 Å². The number of nitrogens with zero attached hydrogens (tertiary/aromatic N) is 3. The van der Waals surface area contributed by atoms with E-state index in [9.17, 15) is 4.79 Å². The highest BCUT2D eigenvalue weighted by Crippen LogP contribution is 2.34. The van der Waals surface area contributed by atoms with Crippen LogP contribution in [0.5, 0.6) is 10.9 Å². The molecule has 8 heteroatoms. The summed E-state index contributed by atoms with van der Waals surface area (Å²) in [5.41, 5.74) is 6.78. The lowest BCUT2D eigenvalue weighted by Gasteiger charge is -2.18. The van der Waals surface area contributed by atoms with Crippen molar-refractivity contribution in [3.05, 3.63) is 60.4 Å². The summed E-state index contributed by atoms with van der Waals surface area (Å²) in [6, 6.07) is 15.9. The standard InChI is InChI=1S/C21H20N4O3S/c1-21(2,3)17-12-18(24-28-17)25(19(22)26)13-7-6-8-14(11-13)27-20-23-15-9-4-5-10-16(15)29-20/h4-12H,1-3H3,(H2,22,26). The molecule has 0 fully saturated rings. The molecule has 4 rings (SSSR count). The minimum absolute atomic E-state index is 0.244. The van der Waals surface area contributed by atoms with E-state index in [1.165, 1.54) is 16.2 Å². The molecule has 0 aliphatic carbocycles. The molecule has 2 aromatic heterocycles. The van der Waals surface area contributed by atoms with Crippen LogP contribution in [0.4, 0.5) is 16.3 Å². The van der Waals surface area contributed by atoms with E-state index in [4.69, 9.17) is 15.0 Å². The van der Waals surface area contributed by atoms with Crippen molar-refractivity contribution in [2.75, 3.05) is 4.90 Å². The van der Waals surface area contributed by atoms with Gasteiger partial charge in [0.25, 0.3) is 5.19 Å². The molecular formula is C21H20N4O3S. The van der Waals surface area contributed by atoms with Gasteiger partial charge in [-0.2, -0.15) is 0 Å². The van der Waals surface area contributed by atoms with Gasteiger partial charge in [0.15, 0.2) is 5.82 Å². The Bertz CT molecular complexity index is 1140. The number of hydrogen-bond acceptors (Lipinski definition) is 6. The molecule has 0 saturated heterocycles. The molecule has 0 bridgehead atoms. The maximum atomic E-state index is 12.2. The minimum atomic E-state index is -0.670. The van der Waals surface area contributed by atoms with Crippen LogP contribution in [0.25, 0.3) is 10.2 Å². The molecule has 0 spiro atoms. The second-order valence-corrected chi connectivity index (χ2v) is 8.51. The van der Waals surface area contributed by atoms with Crippen LogP contribution >= 0.6 is 11.3 Å². The average molecular weight is 408 g/mol. The van der Waals surface area contributed by atoms with Gasteiger partial charge in [0.1, 0.15) is 11.5 Å². The van der Waals surface area contributed by atoms with Crippen molar-refractivity contribution in [3.8, 4) is 10.9 Å². The van der Waals surface area contributed by atoms with Gasteiger partial charge < -0.3 is 15.0 Å². The molecule has 0 saturated carbocycles. The van der Waals surface area contributed by atoms with Crippen molar-refractivity contribution in [3.63, 3.8) is 0 Å². The SMILES string of the molecule is CC(C)(C)c1cc(N(C(N)=O)c2cccc(Oc3nc4ccccc4s3)c2)no1. The van der Waals surface area contributed by atoms with Crippen LogP contribution in [0.3, 0.4) is 0 Å². The first kappa shape index (κ1) is 18.9. The van der Waals surface area contributed by atoms with E-state index in [2.05, 4.69) is 10.1 Å². The number of aromatic nitrogens is 2. The molecule has 0 radical (unpaired) electrons. The highest BCUT2D eigenvalue weighted by molar-refractivity contribution is 7.20. The molecular weight excluding hydrogens is 388 g/mol. The summed E-state index contributed by atoms with van der Waals surface area (Å²) >= 11 is 1.45. The van der Waals surface area contributed by atoms with E-state index in [0.717, 1.165) is 10.2 Å². The molecule has 2 N–H and O–H groups in total. The molecule has 7 nitrogen and oxygen atoms in total. The Morgan fingerprint density at radius 2 is 1.93 bits per heavy atom. The zero-order valence-corrected chi connectivity index (χ0v) is 17.1. The number of primary amides is 1. The van der Waals surface area contributed by atoms with Crippen LogP contribution < -0.4 is 15.4 Å². The number of ether oxygens (including phenoxy) is 1. The molecule has 2 heterocycles. The molecule has 2 aromatic carbocycles. The molecule has 0 aliphatic heterocycles. The van der Waals surface area contributed by atoms with Gasteiger partial charge in [-0.05, 0) is 24.3 Å². The Labute approximate surface area is 171 Å². The lowest BCUT2D eigenvalue weighted by atomic mass is 9.93. The predicted molar refractivity (Wildman–Crippen MR) is 113 cm³/mol. The van der Waals surface area contributed by atoms with Gasteiger partial charge in [0.2, 0.25) is 0 Å². The third-order valence-electron chi connectivity index (χ3n) is 4.24. The van der Waals surface area contributed by atoms with Crippen molar-refractivity contribution in [2.24, 2.45) is 5.73 Å². The van der Waals surface area contributed by atoms with Crippen LogP contribution in [0, 0.1) is 0 Å². The number of thiazole rings is 1. The zero-order valence-electron chi connectivity index (χ0n) is 16.2. The van der Waals surface area contributed by atoms with Crippen molar-refractivity contribution in [2.45, 2.75) is 26.2 Å². The van der Waals surface area contributed by atoms with Gasteiger partial charge in [0, 0.05) is 17.5 Å². The number of urea groups is 1. The van der Waals surface area contributed by atoms with E-state index < -0.39 is 6.03 Å². The van der Waals surface area contributed by atoms with Gasteiger partial charge in [-0.3, -0.25) is 0 Å². The van der Waals surface area contributed by atoms with Gasteiger partial charge >= 0.3 is 6.03 Å². The number of para-hydroxylation sites is 1. The number of rotatable bonds is 4. The summed E-state index contributed by atoms with van der Waals surface area (Å²) in [5, 5.41) is 4.54. The number of amides is 2. The number of carbonyl (C=O) groups is 1. The van der Waals surface area contributed by atoms with Crippen LogP contribution in [-0.2, 0) is 5.41 Å². The Kier molecular flexibility index (Phi) is 4.71. The van der Waals surface area contributed by atoms with E-state index in [1.54, 1.807) is 30.3 Å². The molecule has 0 atom stereocenters. The van der Waals surface area contributed by atoms with Crippen LogP contribution in [-0.4, -0.2) is 16.2 Å². The predicted octanol–water partition coefficient (Wildman–Crippen LogP) is 5.59. The number of benzene rings is 2. The van der Waals surface area contributed by atoms with Gasteiger partial charge in [0.05, 0.1) is 15.9 Å². The average Bonchev–Trinajstić information content (AvgIpc) is 3.28. The molecule has 4 aromatic rings. The van der Waals surface area contributed by atoms with Gasteiger partial charge in [-0.1, -0.05) is 55.5 Å². The Morgan fingerprint density at radius 1 is 1.14 bits per heavy atom. The first-order valence-corrected chi connectivity index (χ1v) is 9.83. The van der Waals surface area contributed by atoms with E-state index in [-0.39, 0.29) is 5.41 Å². The summed E-state index contributed by atoms with van der Waals surface area (Å²) < 4.78 is 12.4. The Balaban J connectivity index is 1.65. The first-order valence-electron chi connectivity index (χ1n) is 9.01. The quantitative estimate of drug-likeness (QED) is 0.475. The van der Waals surface area contributed by atoms with Gasteiger partial charge in [-0.15, -0.1) is 0 Å². The summed E-state index contributed by atoms with van der Waals surface area (Å²) in [6.45, 7) is 6.00. The summed E-state index contributed by atoms with van der Waals surface area (Å²) in [4.78, 5) is 17.9. The van der Waals surface area contributed by atoms with Gasteiger partial charge in [-0.25, -0.2) is 14.7 Å². The highest BCUT2D eigenvalue weighted by atomic mass is 32.1. The second-order valence-electron chi connectivity index (χ2n) is 7.52. The van der Waals surface area contributed by atoms with E-state index in [0.29, 0.717) is 28.2 Å². The fourth-order valence-corrected chi connectivity index (χ4v) is 3.61. The third kappa shape index (κ3) is 3.93. The zero-order chi connectivity index (χ0) is 20.6. The van der Waals surface area contributed by atoms with Crippen LogP contribution in [0.2, 0.25) is 0 Å². The fourth-order valence-electron chi connectivity index (χ4n) is 2.78. The topological polar surface area (TPSA) is 94.5 Å². The normalized spacial score (nSPS) is 11.6. The summed E-state index contributed by atoms with van der Waals surface area (Å²) in [5.74, 6) is 1.51. The number of carbonyl (C=O) groups excluding carboxylic acids is 1. The van der Waals surface area contributed by atoms with Crippen molar-refractivity contribution in [1.82, 2.24) is 10.1 Å². The van der Waals surface area contributed by atoms with E-state index >= 15 is 0 Å². The maximum Gasteiger partial charge on any atom is 0.325 e. The monoisotopic (exact) mass is 408 g/mol. The summed E-state index contributed by atoms with van der Waals surface area (Å²) in [7, 11) is 0. The van der Waals surface area contributed by atoms with Crippen LogP contribution in [0.1, 0.15) is 26.5 Å². The molecule has 0 unspecified atom stereocenters. The van der Waals surface area contributed by atoms with Crippen LogP contribution in [0.15, 0.2) is 59.1 Å². The first-order chi connectivity index (χ1) is 13.8. The fraction of sp³-hybridized carbons (Fsp3) is 0.190. The molecule has 2 amide bonds.